The first-order chi connectivity index (χ1) is 9.69. The van der Waals surface area contributed by atoms with Crippen LogP contribution in [0.2, 0.25) is 0 Å². The highest BCUT2D eigenvalue weighted by molar-refractivity contribution is 5.88. The lowest BCUT2D eigenvalue weighted by Crippen LogP contribution is -2.38. The second kappa shape index (κ2) is 5.28. The quantitative estimate of drug-likeness (QED) is 0.857. The van der Waals surface area contributed by atoms with E-state index in [1.54, 1.807) is 0 Å². The molecule has 0 radical (unpaired) electrons. The Morgan fingerprint density at radius 2 is 2.10 bits per heavy atom. The number of nitrogens with zero attached hydrogens (tertiary/aromatic N) is 2. The van der Waals surface area contributed by atoms with Crippen molar-refractivity contribution in [2.24, 2.45) is 7.05 Å². The van der Waals surface area contributed by atoms with Crippen molar-refractivity contribution in [1.82, 2.24) is 4.57 Å². The Labute approximate surface area is 118 Å². The number of rotatable bonds is 4. The molecule has 20 heavy (non-hydrogen) atoms. The predicted octanol–water partition coefficient (Wildman–Crippen LogP) is 3.09. The van der Waals surface area contributed by atoms with Gasteiger partial charge in [0.15, 0.2) is 12.6 Å². The lowest BCUT2D eigenvalue weighted by molar-refractivity contribution is -0.377. The Morgan fingerprint density at radius 1 is 1.30 bits per heavy atom. The van der Waals surface area contributed by atoms with Gasteiger partial charge in [0, 0.05) is 18.6 Å². The standard InChI is InChI=1S/C16H18N2O2/c1-11-19-15(20-11)5-3-4-12-6-7-13(10-17)14-8-9-18(2)16(12)14/h6-9,11,15H,3-5H2,1-2H3. The van der Waals surface area contributed by atoms with Crippen LogP contribution in [-0.4, -0.2) is 17.1 Å². The zero-order chi connectivity index (χ0) is 14.1. The van der Waals surface area contributed by atoms with E-state index in [0.717, 1.165) is 35.7 Å². The van der Waals surface area contributed by atoms with Crippen LogP contribution < -0.4 is 0 Å². The minimum atomic E-state index is -0.0468. The number of ether oxygens (including phenoxy) is 2. The van der Waals surface area contributed by atoms with E-state index in [1.165, 1.54) is 5.56 Å². The van der Waals surface area contributed by atoms with Crippen LogP contribution in [0.5, 0.6) is 0 Å². The molecule has 0 atom stereocenters. The fourth-order valence-corrected chi connectivity index (χ4v) is 2.83. The molecule has 1 aromatic heterocycles. The largest absolute Gasteiger partial charge is 0.350 e. The Kier molecular flexibility index (Phi) is 3.47. The van der Waals surface area contributed by atoms with E-state index in [4.69, 9.17) is 14.7 Å². The number of hydrogen-bond donors (Lipinski definition) is 0. The smallest absolute Gasteiger partial charge is 0.163 e. The molecule has 4 heteroatoms. The van der Waals surface area contributed by atoms with Crippen molar-refractivity contribution in [2.45, 2.75) is 38.8 Å². The van der Waals surface area contributed by atoms with Gasteiger partial charge in [-0.3, -0.25) is 0 Å². The predicted molar refractivity (Wildman–Crippen MR) is 76.0 cm³/mol. The highest BCUT2D eigenvalue weighted by atomic mass is 16.9. The maximum atomic E-state index is 9.16. The van der Waals surface area contributed by atoms with Crippen molar-refractivity contribution >= 4 is 10.9 Å². The average Bonchev–Trinajstić information content (AvgIpc) is 2.80. The molecule has 1 fully saturated rings. The molecule has 1 aromatic carbocycles. The first kappa shape index (κ1) is 13.2. The second-order valence-corrected chi connectivity index (χ2v) is 5.23. The topological polar surface area (TPSA) is 47.2 Å². The van der Waals surface area contributed by atoms with Gasteiger partial charge in [0.05, 0.1) is 17.1 Å². The van der Waals surface area contributed by atoms with Crippen LogP contribution in [0.15, 0.2) is 24.4 Å². The highest BCUT2D eigenvalue weighted by Gasteiger charge is 2.25. The first-order valence-corrected chi connectivity index (χ1v) is 6.97. The van der Waals surface area contributed by atoms with Gasteiger partial charge in [0.1, 0.15) is 0 Å². The van der Waals surface area contributed by atoms with E-state index in [1.807, 2.05) is 32.3 Å². The molecule has 0 bridgehead atoms. The van der Waals surface area contributed by atoms with Crippen LogP contribution >= 0.6 is 0 Å². The molecule has 3 rings (SSSR count). The van der Waals surface area contributed by atoms with Gasteiger partial charge in [0.2, 0.25) is 0 Å². The van der Waals surface area contributed by atoms with Crippen LogP contribution in [0, 0.1) is 11.3 Å². The van der Waals surface area contributed by atoms with E-state index in [-0.39, 0.29) is 12.6 Å². The van der Waals surface area contributed by atoms with Crippen LogP contribution in [0.25, 0.3) is 10.9 Å². The molecule has 2 heterocycles. The Hall–Kier alpha value is -1.83. The molecule has 104 valence electrons. The van der Waals surface area contributed by atoms with E-state index in [0.29, 0.717) is 0 Å². The summed E-state index contributed by atoms with van der Waals surface area (Å²) in [5, 5.41) is 10.2. The van der Waals surface area contributed by atoms with Gasteiger partial charge in [-0.15, -0.1) is 0 Å². The number of aromatic nitrogens is 1. The third-order valence-corrected chi connectivity index (χ3v) is 3.81. The zero-order valence-corrected chi connectivity index (χ0v) is 11.8. The van der Waals surface area contributed by atoms with Crippen molar-refractivity contribution in [3.63, 3.8) is 0 Å². The fourth-order valence-electron chi connectivity index (χ4n) is 2.83. The molecule has 1 aliphatic rings. The van der Waals surface area contributed by atoms with Gasteiger partial charge in [-0.05, 0) is 43.9 Å². The second-order valence-electron chi connectivity index (χ2n) is 5.23. The molecule has 0 aliphatic carbocycles. The summed E-state index contributed by atoms with van der Waals surface area (Å²) in [6.45, 7) is 1.91. The lowest BCUT2D eigenvalue weighted by atomic mass is 10.0. The highest BCUT2D eigenvalue weighted by Crippen LogP contribution is 2.26. The third kappa shape index (κ3) is 2.31. The Balaban J connectivity index is 1.75. The third-order valence-electron chi connectivity index (χ3n) is 3.81. The molecular weight excluding hydrogens is 252 g/mol. The molecule has 0 amide bonds. The summed E-state index contributed by atoms with van der Waals surface area (Å²) in [6.07, 6.45) is 4.83. The first-order valence-electron chi connectivity index (χ1n) is 6.97. The molecule has 0 N–H and O–H groups in total. The number of fused-ring (bicyclic) bond motifs is 1. The van der Waals surface area contributed by atoms with Gasteiger partial charge in [-0.1, -0.05) is 6.07 Å². The van der Waals surface area contributed by atoms with E-state index >= 15 is 0 Å². The van der Waals surface area contributed by atoms with Gasteiger partial charge >= 0.3 is 0 Å². The Morgan fingerprint density at radius 3 is 2.80 bits per heavy atom. The summed E-state index contributed by atoms with van der Waals surface area (Å²) in [4.78, 5) is 0. The Bertz CT molecular complexity index is 663. The van der Waals surface area contributed by atoms with Crippen LogP contribution in [0.4, 0.5) is 0 Å². The van der Waals surface area contributed by atoms with E-state index < -0.39 is 0 Å². The summed E-state index contributed by atoms with van der Waals surface area (Å²) in [5.41, 5.74) is 3.18. The molecule has 4 nitrogen and oxygen atoms in total. The van der Waals surface area contributed by atoms with Gasteiger partial charge < -0.3 is 14.0 Å². The molecule has 1 aliphatic heterocycles. The van der Waals surface area contributed by atoms with Crippen molar-refractivity contribution in [1.29, 1.82) is 5.26 Å². The number of aryl methyl sites for hydroxylation is 2. The SMILES string of the molecule is CC1OC(CCCc2ccc(C#N)c3ccn(C)c23)O1. The molecule has 2 aromatic rings. The van der Waals surface area contributed by atoms with Crippen LogP contribution in [0.3, 0.4) is 0 Å². The minimum Gasteiger partial charge on any atom is -0.350 e. The van der Waals surface area contributed by atoms with Crippen molar-refractivity contribution < 1.29 is 9.47 Å². The minimum absolute atomic E-state index is 0.0349. The summed E-state index contributed by atoms with van der Waals surface area (Å²) in [7, 11) is 2.02. The fraction of sp³-hybridized carbons (Fsp3) is 0.438. The average molecular weight is 270 g/mol. The van der Waals surface area contributed by atoms with Gasteiger partial charge in [0.25, 0.3) is 0 Å². The number of benzene rings is 1. The van der Waals surface area contributed by atoms with Crippen molar-refractivity contribution in [3.05, 3.63) is 35.5 Å². The van der Waals surface area contributed by atoms with Crippen molar-refractivity contribution in [2.75, 3.05) is 0 Å². The molecule has 0 unspecified atom stereocenters. The number of hydrogen-bond acceptors (Lipinski definition) is 3. The molecular formula is C16H18N2O2. The zero-order valence-electron chi connectivity index (χ0n) is 11.8. The summed E-state index contributed by atoms with van der Waals surface area (Å²) in [6, 6.07) is 8.24. The van der Waals surface area contributed by atoms with Crippen LogP contribution in [0.1, 0.15) is 30.9 Å². The van der Waals surface area contributed by atoms with Gasteiger partial charge in [-0.25, -0.2) is 0 Å². The monoisotopic (exact) mass is 270 g/mol. The molecule has 1 saturated heterocycles. The van der Waals surface area contributed by atoms with Crippen LogP contribution in [-0.2, 0) is 22.9 Å². The summed E-state index contributed by atoms with van der Waals surface area (Å²) in [5.74, 6) is 0. The number of nitriles is 1. The summed E-state index contributed by atoms with van der Waals surface area (Å²) >= 11 is 0. The molecule has 0 saturated carbocycles. The van der Waals surface area contributed by atoms with E-state index in [2.05, 4.69) is 16.7 Å². The summed E-state index contributed by atoms with van der Waals surface area (Å²) < 4.78 is 13.0. The van der Waals surface area contributed by atoms with Gasteiger partial charge in [-0.2, -0.15) is 5.26 Å². The van der Waals surface area contributed by atoms with Crippen molar-refractivity contribution in [3.8, 4) is 6.07 Å². The maximum absolute atomic E-state index is 9.16. The van der Waals surface area contributed by atoms with E-state index in [9.17, 15) is 0 Å². The molecule has 0 spiro atoms. The maximum Gasteiger partial charge on any atom is 0.163 e. The lowest BCUT2D eigenvalue weighted by Gasteiger charge is -2.33. The normalized spacial score (nSPS) is 21.6.